The maximum atomic E-state index is 12.7. The molecule has 0 unspecified atom stereocenters. The lowest BCUT2D eigenvalue weighted by atomic mass is 10.1. The number of ether oxygens (including phenoxy) is 1. The molecule has 0 fully saturated rings. The molecule has 1 amide bonds. The fourth-order valence-corrected chi connectivity index (χ4v) is 2.82. The van der Waals surface area contributed by atoms with Crippen molar-refractivity contribution in [1.29, 1.82) is 0 Å². The zero-order valence-electron chi connectivity index (χ0n) is 15.2. The van der Waals surface area contributed by atoms with Crippen molar-refractivity contribution < 1.29 is 9.53 Å². The number of carbonyl (C=O) groups excluding carboxylic acids is 1. The Balaban J connectivity index is 1.70. The first-order valence-electron chi connectivity index (χ1n) is 8.42. The van der Waals surface area contributed by atoms with Gasteiger partial charge in [0, 0.05) is 12.6 Å². The topological polar surface area (TPSA) is 60.2 Å². The third-order valence-electron chi connectivity index (χ3n) is 4.57. The highest BCUT2D eigenvalue weighted by molar-refractivity contribution is 5.79. The van der Waals surface area contributed by atoms with Crippen molar-refractivity contribution in [3.05, 3.63) is 72.3 Å². The first kappa shape index (κ1) is 17.7. The molecule has 0 spiro atoms. The minimum Gasteiger partial charge on any atom is -0.496 e. The Labute approximate surface area is 153 Å². The van der Waals surface area contributed by atoms with Gasteiger partial charge < -0.3 is 9.64 Å². The van der Waals surface area contributed by atoms with Gasteiger partial charge in [-0.15, -0.1) is 0 Å². The minimum absolute atomic E-state index is 0.0398. The number of rotatable bonds is 6. The fourth-order valence-electron chi connectivity index (χ4n) is 2.82. The number of benzene rings is 2. The molecule has 1 atom stereocenters. The Morgan fingerprint density at radius 2 is 1.92 bits per heavy atom. The molecule has 0 aliphatic rings. The molecule has 0 saturated carbocycles. The van der Waals surface area contributed by atoms with Gasteiger partial charge in [0.05, 0.1) is 25.3 Å². The lowest BCUT2D eigenvalue weighted by molar-refractivity contribution is -0.131. The summed E-state index contributed by atoms with van der Waals surface area (Å²) in [6.07, 6.45) is 3.46. The number of nitrogens with zero attached hydrogens (tertiary/aromatic N) is 4. The van der Waals surface area contributed by atoms with Crippen molar-refractivity contribution >= 4 is 5.91 Å². The van der Waals surface area contributed by atoms with Crippen LogP contribution in [0.2, 0.25) is 0 Å². The third kappa shape index (κ3) is 3.74. The molecule has 0 N–H and O–H groups in total. The van der Waals surface area contributed by atoms with Gasteiger partial charge in [-0.3, -0.25) is 4.79 Å². The normalized spacial score (nSPS) is 11.8. The number of hydrogen-bond donors (Lipinski definition) is 0. The molecule has 1 aromatic heterocycles. The third-order valence-corrected chi connectivity index (χ3v) is 4.57. The number of carbonyl (C=O) groups is 1. The molecule has 2 aromatic carbocycles. The largest absolute Gasteiger partial charge is 0.496 e. The van der Waals surface area contributed by atoms with Gasteiger partial charge in [0.15, 0.2) is 0 Å². The van der Waals surface area contributed by atoms with Crippen LogP contribution in [0.3, 0.4) is 0 Å². The van der Waals surface area contributed by atoms with Crippen LogP contribution < -0.4 is 4.74 Å². The molecule has 26 heavy (non-hydrogen) atoms. The summed E-state index contributed by atoms with van der Waals surface area (Å²) in [7, 11) is 3.44. The molecule has 0 saturated heterocycles. The van der Waals surface area contributed by atoms with Crippen molar-refractivity contribution in [2.45, 2.75) is 19.4 Å². The van der Waals surface area contributed by atoms with Crippen LogP contribution in [0.15, 0.2) is 61.2 Å². The Hall–Kier alpha value is -3.15. The van der Waals surface area contributed by atoms with Crippen molar-refractivity contribution in [3.63, 3.8) is 0 Å². The molecule has 134 valence electrons. The van der Waals surface area contributed by atoms with Crippen LogP contribution in [0.25, 0.3) is 5.69 Å². The molecular weight excluding hydrogens is 328 g/mol. The van der Waals surface area contributed by atoms with Gasteiger partial charge in [0.1, 0.15) is 18.4 Å². The molecule has 3 rings (SSSR count). The molecule has 6 nitrogen and oxygen atoms in total. The van der Waals surface area contributed by atoms with Gasteiger partial charge in [-0.25, -0.2) is 9.67 Å². The van der Waals surface area contributed by atoms with E-state index < -0.39 is 0 Å². The van der Waals surface area contributed by atoms with E-state index in [-0.39, 0.29) is 11.9 Å². The van der Waals surface area contributed by atoms with Crippen molar-refractivity contribution in [1.82, 2.24) is 19.7 Å². The molecule has 0 bridgehead atoms. The monoisotopic (exact) mass is 350 g/mol. The van der Waals surface area contributed by atoms with Crippen LogP contribution in [-0.2, 0) is 11.2 Å². The zero-order chi connectivity index (χ0) is 18.5. The number of para-hydroxylation sites is 1. The zero-order valence-corrected chi connectivity index (χ0v) is 15.2. The summed E-state index contributed by atoms with van der Waals surface area (Å²) >= 11 is 0. The second-order valence-electron chi connectivity index (χ2n) is 6.10. The highest BCUT2D eigenvalue weighted by atomic mass is 16.5. The fraction of sp³-hybridized carbons (Fsp3) is 0.250. The Morgan fingerprint density at radius 3 is 2.58 bits per heavy atom. The van der Waals surface area contributed by atoms with Gasteiger partial charge in [-0.05, 0) is 30.7 Å². The predicted molar refractivity (Wildman–Crippen MR) is 99.2 cm³/mol. The van der Waals surface area contributed by atoms with Gasteiger partial charge in [0.2, 0.25) is 5.91 Å². The Kier molecular flexibility index (Phi) is 5.31. The van der Waals surface area contributed by atoms with Crippen LogP contribution in [0.5, 0.6) is 5.75 Å². The van der Waals surface area contributed by atoms with E-state index in [0.29, 0.717) is 6.42 Å². The standard InChI is InChI=1S/C20H22N4O2/c1-15(16-8-10-18(11-9-16)24-14-21-13-22-24)23(2)20(25)12-17-6-4-5-7-19(17)26-3/h4-11,13-15H,12H2,1-3H3/t15-/m0/s1. The first-order valence-corrected chi connectivity index (χ1v) is 8.42. The maximum Gasteiger partial charge on any atom is 0.227 e. The first-order chi connectivity index (χ1) is 12.6. The average Bonchev–Trinajstić information content (AvgIpc) is 3.22. The van der Waals surface area contributed by atoms with E-state index in [1.807, 2.05) is 62.5 Å². The molecule has 6 heteroatoms. The van der Waals surface area contributed by atoms with Crippen LogP contribution in [0.1, 0.15) is 24.1 Å². The molecule has 3 aromatic rings. The second kappa shape index (κ2) is 7.82. The predicted octanol–water partition coefficient (Wildman–Crippen LogP) is 3.04. The Bertz CT molecular complexity index is 860. The lowest BCUT2D eigenvalue weighted by Crippen LogP contribution is -2.31. The molecule has 0 aliphatic heterocycles. The van der Waals surface area contributed by atoms with E-state index in [4.69, 9.17) is 4.74 Å². The highest BCUT2D eigenvalue weighted by Crippen LogP contribution is 2.23. The van der Waals surface area contributed by atoms with Crippen LogP contribution >= 0.6 is 0 Å². The number of methoxy groups -OCH3 is 1. The number of likely N-dealkylation sites (N-methyl/N-ethyl adjacent to an activating group) is 1. The van der Waals surface area contributed by atoms with Crippen LogP contribution in [0, 0.1) is 0 Å². The van der Waals surface area contributed by atoms with E-state index in [0.717, 1.165) is 22.6 Å². The van der Waals surface area contributed by atoms with Gasteiger partial charge >= 0.3 is 0 Å². The van der Waals surface area contributed by atoms with Crippen molar-refractivity contribution in [3.8, 4) is 11.4 Å². The summed E-state index contributed by atoms with van der Waals surface area (Å²) < 4.78 is 7.03. The number of hydrogen-bond acceptors (Lipinski definition) is 4. The summed E-state index contributed by atoms with van der Waals surface area (Å²) in [5.41, 5.74) is 2.88. The lowest BCUT2D eigenvalue weighted by Gasteiger charge is -2.26. The number of amides is 1. The maximum absolute atomic E-state index is 12.7. The summed E-state index contributed by atoms with van der Waals surface area (Å²) in [4.78, 5) is 18.4. The molecule has 0 aliphatic carbocycles. The van der Waals surface area contributed by atoms with Gasteiger partial charge in [0.25, 0.3) is 0 Å². The van der Waals surface area contributed by atoms with E-state index >= 15 is 0 Å². The van der Waals surface area contributed by atoms with Crippen LogP contribution in [0.4, 0.5) is 0 Å². The minimum atomic E-state index is -0.0398. The summed E-state index contributed by atoms with van der Waals surface area (Å²) in [6, 6.07) is 15.5. The SMILES string of the molecule is COc1ccccc1CC(=O)N(C)[C@@H](C)c1ccc(-n2cncn2)cc1. The average molecular weight is 350 g/mol. The van der Waals surface area contributed by atoms with E-state index in [1.165, 1.54) is 6.33 Å². The van der Waals surface area contributed by atoms with E-state index in [9.17, 15) is 4.79 Å². The van der Waals surface area contributed by atoms with Crippen molar-refractivity contribution in [2.24, 2.45) is 0 Å². The molecular formula is C20H22N4O2. The summed E-state index contributed by atoms with van der Waals surface area (Å²) in [5, 5.41) is 4.12. The van der Waals surface area contributed by atoms with Gasteiger partial charge in [-0.2, -0.15) is 5.10 Å². The quantitative estimate of drug-likeness (QED) is 0.686. The molecule has 0 radical (unpaired) electrons. The summed E-state index contributed by atoms with van der Waals surface area (Å²) in [6.45, 7) is 2.02. The highest BCUT2D eigenvalue weighted by Gasteiger charge is 2.19. The second-order valence-corrected chi connectivity index (χ2v) is 6.10. The van der Waals surface area contributed by atoms with Crippen LogP contribution in [-0.4, -0.2) is 39.7 Å². The summed E-state index contributed by atoms with van der Waals surface area (Å²) in [5.74, 6) is 0.779. The van der Waals surface area contributed by atoms with E-state index in [1.54, 1.807) is 23.0 Å². The number of aromatic nitrogens is 3. The molecule has 1 heterocycles. The van der Waals surface area contributed by atoms with Gasteiger partial charge in [-0.1, -0.05) is 30.3 Å². The van der Waals surface area contributed by atoms with E-state index in [2.05, 4.69) is 10.1 Å². The smallest absolute Gasteiger partial charge is 0.227 e. The Morgan fingerprint density at radius 1 is 1.19 bits per heavy atom. The van der Waals surface area contributed by atoms with Crippen molar-refractivity contribution in [2.75, 3.05) is 14.2 Å².